The van der Waals surface area contributed by atoms with Crippen molar-refractivity contribution in [1.82, 2.24) is 14.3 Å². The van der Waals surface area contributed by atoms with E-state index in [0.29, 0.717) is 25.0 Å². The Kier molecular flexibility index (Phi) is 6.29. The summed E-state index contributed by atoms with van der Waals surface area (Å²) in [7, 11) is -2.88. The molecule has 5 rings (SSSR count). The monoisotopic (exact) mass is 538 g/mol. The van der Waals surface area contributed by atoms with Gasteiger partial charge in [-0.05, 0) is 49.7 Å². The Morgan fingerprint density at radius 3 is 2.41 bits per heavy atom. The Balaban J connectivity index is 1.50. The zero-order valence-corrected chi connectivity index (χ0v) is 20.5. The minimum atomic E-state index is -4.23. The number of fused-ring (bicyclic) bond motifs is 3. The molecule has 0 saturated heterocycles. The van der Waals surface area contributed by atoms with Gasteiger partial charge in [0.25, 0.3) is 15.9 Å². The predicted octanol–water partition coefficient (Wildman–Crippen LogP) is 2.43. The van der Waals surface area contributed by atoms with Crippen LogP contribution in [0.5, 0.6) is 0 Å². The summed E-state index contributed by atoms with van der Waals surface area (Å²) in [6.07, 6.45) is 3.30. The molecule has 2 aromatic heterocycles. The summed E-state index contributed by atoms with van der Waals surface area (Å²) in [5.74, 6) is -5.88. The lowest BCUT2D eigenvalue weighted by Crippen LogP contribution is -2.52. The van der Waals surface area contributed by atoms with Gasteiger partial charge in [-0.25, -0.2) is 26.3 Å². The van der Waals surface area contributed by atoms with Gasteiger partial charge in [0.15, 0.2) is 22.5 Å². The lowest BCUT2D eigenvalue weighted by Gasteiger charge is -2.40. The number of aliphatic hydroxyl groups is 2. The van der Waals surface area contributed by atoms with Crippen LogP contribution < -0.4 is 10.0 Å². The molecule has 198 valence electrons. The molecule has 2 fully saturated rings. The van der Waals surface area contributed by atoms with Crippen LogP contribution >= 0.6 is 0 Å². The molecule has 0 radical (unpaired) electrons. The van der Waals surface area contributed by atoms with Gasteiger partial charge in [0.2, 0.25) is 0 Å². The largest absolute Gasteiger partial charge is 0.393 e. The molecule has 0 spiro atoms. The van der Waals surface area contributed by atoms with Crippen LogP contribution in [-0.4, -0.2) is 52.3 Å². The number of nitrogens with zero attached hydrogens (tertiary/aromatic N) is 2. The Bertz CT molecular complexity index is 1470. The molecule has 2 heterocycles. The molecule has 2 saturated carbocycles. The Morgan fingerprint density at radius 2 is 1.81 bits per heavy atom. The van der Waals surface area contributed by atoms with Gasteiger partial charge in [0.05, 0.1) is 12.2 Å². The average molecular weight is 539 g/mol. The zero-order chi connectivity index (χ0) is 26.7. The molecule has 2 aliphatic rings. The number of amides is 1. The topological polar surface area (TPSA) is 134 Å². The standard InChI is InChI=1S/C24H25F3N4O5S/c1-31-21(22(33)29-14-7-16(25)18(27)17(26)8-14)15-3-2-6-28-20(15)23(31)37(35,36)30-19-12-4-5-13(19)10-24(34,9-12)11-32/h2-3,6-8,12-13,19,30,32,34H,4-5,9-11H2,1H3,(H,29,33). The van der Waals surface area contributed by atoms with Gasteiger partial charge >= 0.3 is 0 Å². The van der Waals surface area contributed by atoms with E-state index in [1.807, 2.05) is 0 Å². The van der Waals surface area contributed by atoms with Crippen LogP contribution in [0.4, 0.5) is 18.9 Å². The highest BCUT2D eigenvalue weighted by molar-refractivity contribution is 7.89. The van der Waals surface area contributed by atoms with Crippen LogP contribution in [0.3, 0.4) is 0 Å². The summed E-state index contributed by atoms with van der Waals surface area (Å²) < 4.78 is 71.8. The van der Waals surface area contributed by atoms with Crippen molar-refractivity contribution in [2.45, 2.75) is 42.4 Å². The molecular weight excluding hydrogens is 513 g/mol. The van der Waals surface area contributed by atoms with Crippen molar-refractivity contribution in [3.63, 3.8) is 0 Å². The number of hydrogen-bond donors (Lipinski definition) is 4. The number of rotatable bonds is 6. The van der Waals surface area contributed by atoms with E-state index in [4.69, 9.17) is 0 Å². The second-order valence-electron chi connectivity index (χ2n) is 9.86. The van der Waals surface area contributed by atoms with Crippen molar-refractivity contribution in [3.05, 3.63) is 53.6 Å². The van der Waals surface area contributed by atoms with E-state index in [1.165, 1.54) is 25.4 Å². The summed E-state index contributed by atoms with van der Waals surface area (Å²) in [6, 6.07) is 3.77. The summed E-state index contributed by atoms with van der Waals surface area (Å²) in [4.78, 5) is 17.3. The van der Waals surface area contributed by atoms with Crippen molar-refractivity contribution in [2.75, 3.05) is 11.9 Å². The normalized spacial score (nSPS) is 25.5. The van der Waals surface area contributed by atoms with Crippen LogP contribution in [-0.2, 0) is 17.1 Å². The average Bonchev–Trinajstić information content (AvgIpc) is 3.26. The van der Waals surface area contributed by atoms with Crippen molar-refractivity contribution in [1.29, 1.82) is 0 Å². The number of aromatic nitrogens is 2. The highest BCUT2D eigenvalue weighted by atomic mass is 32.2. The van der Waals surface area contributed by atoms with Crippen LogP contribution in [0.15, 0.2) is 35.5 Å². The van der Waals surface area contributed by atoms with E-state index in [2.05, 4.69) is 15.0 Å². The SMILES string of the molecule is Cn1c(C(=O)Nc2cc(F)c(F)c(F)c2)c2cccnc2c1S(=O)(=O)NC1C2CCC1CC(O)(CO)C2. The van der Waals surface area contributed by atoms with Crippen LogP contribution in [0.2, 0.25) is 0 Å². The van der Waals surface area contributed by atoms with E-state index in [-0.39, 0.29) is 52.0 Å². The second kappa shape index (κ2) is 9.08. The summed E-state index contributed by atoms with van der Waals surface area (Å²) in [5, 5.41) is 22.3. The van der Waals surface area contributed by atoms with Crippen molar-refractivity contribution in [2.24, 2.45) is 18.9 Å². The molecule has 4 N–H and O–H groups in total. The maximum Gasteiger partial charge on any atom is 0.273 e. The van der Waals surface area contributed by atoms with Gasteiger partial charge in [-0.3, -0.25) is 9.78 Å². The number of hydrogen-bond acceptors (Lipinski definition) is 6. The number of aliphatic hydroxyl groups excluding tert-OH is 1. The maximum atomic E-state index is 13.6. The maximum absolute atomic E-state index is 13.6. The van der Waals surface area contributed by atoms with Gasteiger partial charge in [0, 0.05) is 42.5 Å². The molecule has 2 bridgehead atoms. The number of sulfonamides is 1. The highest BCUT2D eigenvalue weighted by Crippen LogP contribution is 2.47. The summed E-state index contributed by atoms with van der Waals surface area (Å²) in [6.45, 7) is -0.397. The second-order valence-corrected chi connectivity index (χ2v) is 11.5. The van der Waals surface area contributed by atoms with E-state index in [1.54, 1.807) is 0 Å². The third kappa shape index (κ3) is 4.39. The van der Waals surface area contributed by atoms with Crippen LogP contribution in [0.25, 0.3) is 10.9 Å². The number of carbonyl (C=O) groups is 1. The Labute approximate surface area is 210 Å². The van der Waals surface area contributed by atoms with Crippen LogP contribution in [0, 0.1) is 29.3 Å². The molecule has 13 heteroatoms. The van der Waals surface area contributed by atoms with Crippen LogP contribution in [0.1, 0.15) is 36.2 Å². The van der Waals surface area contributed by atoms with Crippen molar-refractivity contribution in [3.8, 4) is 0 Å². The first-order chi connectivity index (χ1) is 17.4. The van der Waals surface area contributed by atoms with Gasteiger partial charge < -0.3 is 20.1 Å². The first-order valence-electron chi connectivity index (χ1n) is 11.7. The fourth-order valence-corrected chi connectivity index (χ4v) is 7.58. The molecule has 2 atom stereocenters. The molecule has 1 amide bonds. The predicted molar refractivity (Wildman–Crippen MR) is 127 cm³/mol. The fourth-order valence-electron chi connectivity index (χ4n) is 5.85. The smallest absolute Gasteiger partial charge is 0.273 e. The van der Waals surface area contributed by atoms with Gasteiger partial charge in [0.1, 0.15) is 11.2 Å². The third-order valence-corrected chi connectivity index (χ3v) is 8.97. The quantitative estimate of drug-likeness (QED) is 0.357. The van der Waals surface area contributed by atoms with Gasteiger partial charge in [-0.1, -0.05) is 0 Å². The Hall–Kier alpha value is -3.00. The molecule has 2 aliphatic carbocycles. The molecule has 1 aromatic carbocycles. The Morgan fingerprint density at radius 1 is 1.19 bits per heavy atom. The number of benzene rings is 1. The summed E-state index contributed by atoms with van der Waals surface area (Å²) >= 11 is 0. The first kappa shape index (κ1) is 25.6. The third-order valence-electron chi connectivity index (χ3n) is 7.41. The van der Waals surface area contributed by atoms with E-state index in [0.717, 1.165) is 4.57 Å². The summed E-state index contributed by atoms with van der Waals surface area (Å²) in [5.41, 5.74) is -1.70. The lowest BCUT2D eigenvalue weighted by molar-refractivity contribution is -0.0672. The number of nitrogens with one attached hydrogen (secondary N) is 2. The lowest BCUT2D eigenvalue weighted by atomic mass is 9.75. The highest BCUT2D eigenvalue weighted by Gasteiger charge is 2.50. The zero-order valence-electron chi connectivity index (χ0n) is 19.7. The molecule has 37 heavy (non-hydrogen) atoms. The molecule has 0 aliphatic heterocycles. The van der Waals surface area contributed by atoms with Crippen molar-refractivity contribution < 1.29 is 36.6 Å². The number of anilines is 1. The van der Waals surface area contributed by atoms with E-state index >= 15 is 0 Å². The molecule has 3 aromatic rings. The number of pyridine rings is 1. The van der Waals surface area contributed by atoms with Gasteiger partial charge in [-0.15, -0.1) is 0 Å². The molecule has 2 unspecified atom stereocenters. The molecular formula is C24H25F3N4O5S. The minimum absolute atomic E-state index is 0.0223. The fraction of sp³-hybridized carbons (Fsp3) is 0.417. The molecule has 9 nitrogen and oxygen atoms in total. The van der Waals surface area contributed by atoms with Gasteiger partial charge in [-0.2, -0.15) is 0 Å². The van der Waals surface area contributed by atoms with Crippen molar-refractivity contribution >= 4 is 32.5 Å². The van der Waals surface area contributed by atoms with E-state index < -0.39 is 51.6 Å². The number of carbonyl (C=O) groups excluding carboxylic acids is 1. The number of halogens is 3. The first-order valence-corrected chi connectivity index (χ1v) is 13.2. The van der Waals surface area contributed by atoms with E-state index in [9.17, 15) is 36.6 Å². The minimum Gasteiger partial charge on any atom is -0.393 e.